The molecule has 2 heterocycles. The van der Waals surface area contributed by atoms with Crippen molar-refractivity contribution in [3.8, 4) is 11.4 Å². The molecule has 4 aromatic rings. The normalized spacial score (nSPS) is 16.0. The lowest BCUT2D eigenvalue weighted by Gasteiger charge is -2.37. The van der Waals surface area contributed by atoms with E-state index in [2.05, 4.69) is 46.6 Å². The lowest BCUT2D eigenvalue weighted by Crippen LogP contribution is -2.46. The number of benzene rings is 3. The van der Waals surface area contributed by atoms with Gasteiger partial charge in [-0.25, -0.2) is 4.39 Å². The fourth-order valence-electron chi connectivity index (χ4n) is 4.16. The number of halogens is 1. The van der Waals surface area contributed by atoms with E-state index in [1.165, 1.54) is 17.7 Å². The molecule has 1 atom stereocenters. The molecule has 0 fully saturated rings. The maximum atomic E-state index is 13.4. The second-order valence-corrected chi connectivity index (χ2v) is 8.46. The number of allylic oxidation sites excluding steroid dienone is 1. The van der Waals surface area contributed by atoms with E-state index in [4.69, 9.17) is 16.7 Å². The first-order valence-corrected chi connectivity index (χ1v) is 11.5. The van der Waals surface area contributed by atoms with Crippen molar-refractivity contribution < 1.29 is 8.91 Å². The maximum Gasteiger partial charge on any atom is 0.258 e. The summed E-state index contributed by atoms with van der Waals surface area (Å²) in [5, 5.41) is 8.23. The predicted octanol–water partition coefficient (Wildman–Crippen LogP) is 6.31. The Morgan fingerprint density at radius 1 is 1.00 bits per heavy atom. The third-order valence-electron chi connectivity index (χ3n) is 5.98. The molecular formula is C27H23FN4OS. The number of aryl methyl sites for hydroxylation is 1. The molecule has 34 heavy (non-hydrogen) atoms. The van der Waals surface area contributed by atoms with Crippen LogP contribution in [0.15, 0.2) is 89.1 Å². The van der Waals surface area contributed by atoms with Crippen LogP contribution in [0, 0.1) is 5.82 Å². The molecule has 1 N–H and O–H groups in total. The van der Waals surface area contributed by atoms with Crippen LogP contribution in [-0.2, 0) is 6.42 Å². The van der Waals surface area contributed by atoms with E-state index in [1.54, 1.807) is 12.1 Å². The highest BCUT2D eigenvalue weighted by atomic mass is 32.1. The monoisotopic (exact) mass is 470 g/mol. The zero-order valence-electron chi connectivity index (χ0n) is 18.8. The Morgan fingerprint density at radius 3 is 2.38 bits per heavy atom. The smallest absolute Gasteiger partial charge is 0.258 e. The number of aromatic nitrogens is 2. The summed E-state index contributed by atoms with van der Waals surface area (Å²) in [6.07, 6.45) is 0.966. The van der Waals surface area contributed by atoms with Gasteiger partial charge in [-0.15, -0.1) is 0 Å². The second kappa shape index (κ2) is 9.19. The highest BCUT2D eigenvalue weighted by molar-refractivity contribution is 7.80. The molecule has 1 aliphatic heterocycles. The largest absolute Gasteiger partial charge is 0.351 e. The highest BCUT2D eigenvalue weighted by Crippen LogP contribution is 2.39. The van der Waals surface area contributed by atoms with Gasteiger partial charge in [0.2, 0.25) is 5.82 Å². The van der Waals surface area contributed by atoms with Crippen LogP contribution in [-0.4, -0.2) is 15.3 Å². The number of anilines is 1. The van der Waals surface area contributed by atoms with Crippen LogP contribution in [0.5, 0.6) is 0 Å². The molecule has 0 bridgehead atoms. The third kappa shape index (κ3) is 4.10. The minimum absolute atomic E-state index is 0.263. The number of nitrogens with one attached hydrogen (secondary N) is 1. The van der Waals surface area contributed by atoms with Crippen LogP contribution in [0.3, 0.4) is 0 Å². The van der Waals surface area contributed by atoms with Gasteiger partial charge in [0.05, 0.1) is 11.6 Å². The molecule has 3 aromatic carbocycles. The average molecular weight is 471 g/mol. The van der Waals surface area contributed by atoms with E-state index in [0.29, 0.717) is 22.4 Å². The Bertz CT molecular complexity index is 1350. The first kappa shape index (κ1) is 22.0. The van der Waals surface area contributed by atoms with E-state index in [1.807, 2.05) is 42.2 Å². The van der Waals surface area contributed by atoms with Gasteiger partial charge in [-0.1, -0.05) is 54.5 Å². The Balaban J connectivity index is 1.63. The molecule has 0 radical (unpaired) electrons. The van der Waals surface area contributed by atoms with Gasteiger partial charge >= 0.3 is 0 Å². The minimum atomic E-state index is -0.315. The van der Waals surface area contributed by atoms with Crippen molar-refractivity contribution in [1.29, 1.82) is 0 Å². The van der Waals surface area contributed by atoms with E-state index < -0.39 is 0 Å². The van der Waals surface area contributed by atoms with E-state index >= 15 is 0 Å². The fourth-order valence-corrected chi connectivity index (χ4v) is 4.52. The topological polar surface area (TPSA) is 54.2 Å². The molecule has 0 saturated heterocycles. The molecule has 0 amide bonds. The van der Waals surface area contributed by atoms with Crippen molar-refractivity contribution >= 4 is 28.6 Å². The first-order chi connectivity index (χ1) is 16.5. The quantitative estimate of drug-likeness (QED) is 0.345. The summed E-state index contributed by atoms with van der Waals surface area (Å²) >= 11 is 5.80. The fraction of sp³-hybridized carbons (Fsp3) is 0.148. The number of rotatable bonds is 5. The summed E-state index contributed by atoms with van der Waals surface area (Å²) in [7, 11) is 0. The lowest BCUT2D eigenvalue weighted by atomic mass is 9.94. The van der Waals surface area contributed by atoms with Crippen LogP contribution in [0.4, 0.5) is 10.1 Å². The molecular weight excluding hydrogens is 447 g/mol. The molecule has 1 aromatic heterocycles. The average Bonchev–Trinajstić information content (AvgIpc) is 3.35. The molecule has 1 aliphatic rings. The maximum absolute atomic E-state index is 13.4. The van der Waals surface area contributed by atoms with Gasteiger partial charge in [0, 0.05) is 16.9 Å². The molecule has 0 aliphatic carbocycles. The van der Waals surface area contributed by atoms with Crippen molar-refractivity contribution in [2.75, 3.05) is 4.90 Å². The van der Waals surface area contributed by atoms with Gasteiger partial charge < -0.3 is 9.84 Å². The first-order valence-electron chi connectivity index (χ1n) is 11.1. The number of nitrogens with zero attached hydrogens (tertiary/aromatic N) is 3. The van der Waals surface area contributed by atoms with Crippen LogP contribution in [0.2, 0.25) is 0 Å². The minimum Gasteiger partial charge on any atom is -0.351 e. The number of thiocarbonyl (C=S) groups is 1. The predicted molar refractivity (Wildman–Crippen MR) is 136 cm³/mol. The Morgan fingerprint density at radius 2 is 1.71 bits per heavy atom. The number of hydrogen-bond donors (Lipinski definition) is 1. The Kier molecular flexibility index (Phi) is 5.94. The second-order valence-electron chi connectivity index (χ2n) is 8.08. The molecule has 0 saturated carbocycles. The Labute approximate surface area is 202 Å². The van der Waals surface area contributed by atoms with Gasteiger partial charge in [-0.3, -0.25) is 4.90 Å². The SMILES string of the molecule is CCc1ccc(N2C(=S)NC(c3ccccc3)C(c3nc(-c4ccc(F)cc4)no3)=C2C)cc1. The van der Waals surface area contributed by atoms with Crippen LogP contribution in [0.25, 0.3) is 17.0 Å². The van der Waals surface area contributed by atoms with Crippen molar-refractivity contribution in [2.24, 2.45) is 0 Å². The highest BCUT2D eigenvalue weighted by Gasteiger charge is 2.34. The van der Waals surface area contributed by atoms with Crippen molar-refractivity contribution in [1.82, 2.24) is 15.5 Å². The summed E-state index contributed by atoms with van der Waals surface area (Å²) in [5.74, 6) is 0.467. The van der Waals surface area contributed by atoms with Crippen LogP contribution in [0.1, 0.15) is 36.9 Å². The molecule has 0 spiro atoms. The number of hydrogen-bond acceptors (Lipinski definition) is 4. The van der Waals surface area contributed by atoms with Gasteiger partial charge in [-0.05, 0) is 73.1 Å². The molecule has 5 nitrogen and oxygen atoms in total. The summed E-state index contributed by atoms with van der Waals surface area (Å²) in [4.78, 5) is 6.66. The zero-order valence-corrected chi connectivity index (χ0v) is 19.6. The summed E-state index contributed by atoms with van der Waals surface area (Å²) in [5.41, 5.74) is 5.65. The van der Waals surface area contributed by atoms with Crippen LogP contribution < -0.4 is 10.2 Å². The summed E-state index contributed by atoms with van der Waals surface area (Å²) in [6.45, 7) is 4.14. The summed E-state index contributed by atoms with van der Waals surface area (Å²) < 4.78 is 19.1. The van der Waals surface area contributed by atoms with Crippen molar-refractivity contribution in [3.05, 3.63) is 107 Å². The lowest BCUT2D eigenvalue weighted by molar-refractivity contribution is 0.404. The molecule has 7 heteroatoms. The van der Waals surface area contributed by atoms with E-state index in [0.717, 1.165) is 28.9 Å². The van der Waals surface area contributed by atoms with Gasteiger partial charge in [0.1, 0.15) is 5.82 Å². The van der Waals surface area contributed by atoms with Crippen molar-refractivity contribution in [3.63, 3.8) is 0 Å². The van der Waals surface area contributed by atoms with Gasteiger partial charge in [0.15, 0.2) is 5.11 Å². The third-order valence-corrected chi connectivity index (χ3v) is 6.28. The zero-order chi connectivity index (χ0) is 23.7. The van der Waals surface area contributed by atoms with E-state index in [9.17, 15) is 4.39 Å². The van der Waals surface area contributed by atoms with Crippen LogP contribution >= 0.6 is 12.2 Å². The molecule has 170 valence electrons. The van der Waals surface area contributed by atoms with Gasteiger partial charge in [0.25, 0.3) is 5.89 Å². The molecule has 5 rings (SSSR count). The molecule has 1 unspecified atom stereocenters. The van der Waals surface area contributed by atoms with Gasteiger partial charge in [-0.2, -0.15) is 4.98 Å². The van der Waals surface area contributed by atoms with E-state index in [-0.39, 0.29) is 11.9 Å². The Hall–Kier alpha value is -3.84. The standard InChI is InChI=1S/C27H23FN4OS/c1-3-18-9-15-22(16-10-18)32-17(2)23(24(29-27(32)34)19-7-5-4-6-8-19)26-30-25(31-33-26)20-11-13-21(28)14-12-20/h4-16,24H,3H2,1-2H3,(H,29,34). The van der Waals surface area contributed by atoms with Crippen molar-refractivity contribution in [2.45, 2.75) is 26.3 Å². The summed E-state index contributed by atoms with van der Waals surface area (Å²) in [6, 6.07) is 24.1.